The van der Waals surface area contributed by atoms with Crippen LogP contribution in [0.1, 0.15) is 44.3 Å². The minimum absolute atomic E-state index is 0.413. The van der Waals surface area contributed by atoms with Crippen LogP contribution >= 0.6 is 27.7 Å². The number of aryl methyl sites for hydroxylation is 1. The van der Waals surface area contributed by atoms with Gasteiger partial charge in [-0.3, -0.25) is 4.68 Å². The van der Waals surface area contributed by atoms with Gasteiger partial charge in [0.05, 0.1) is 22.4 Å². The van der Waals surface area contributed by atoms with E-state index in [9.17, 15) is 0 Å². The summed E-state index contributed by atoms with van der Waals surface area (Å²) >= 11 is 5.76. The predicted molar refractivity (Wildman–Crippen MR) is 86.7 cm³/mol. The molecule has 0 bridgehead atoms. The molecular formula is C14H24BrN3S. The van der Waals surface area contributed by atoms with Crippen LogP contribution in [-0.2, 0) is 6.54 Å². The highest BCUT2D eigenvalue weighted by atomic mass is 79.9. The van der Waals surface area contributed by atoms with E-state index in [0.717, 1.165) is 23.4 Å². The molecule has 1 saturated heterocycles. The second-order valence-electron chi connectivity index (χ2n) is 5.23. The lowest BCUT2D eigenvalue weighted by molar-refractivity contribution is 0.366. The third-order valence-electron chi connectivity index (χ3n) is 3.86. The highest BCUT2D eigenvalue weighted by molar-refractivity contribution is 9.10. The highest BCUT2D eigenvalue weighted by Crippen LogP contribution is 2.33. The molecule has 5 heteroatoms. The molecule has 1 atom stereocenters. The van der Waals surface area contributed by atoms with Crippen molar-refractivity contribution < 1.29 is 0 Å². The summed E-state index contributed by atoms with van der Waals surface area (Å²) in [5, 5.41) is 7.99. The van der Waals surface area contributed by atoms with Gasteiger partial charge in [-0.05, 0) is 66.1 Å². The van der Waals surface area contributed by atoms with Gasteiger partial charge >= 0.3 is 0 Å². The molecule has 19 heavy (non-hydrogen) atoms. The molecule has 0 saturated carbocycles. The molecule has 1 aliphatic heterocycles. The molecule has 108 valence electrons. The van der Waals surface area contributed by atoms with E-state index in [4.69, 9.17) is 0 Å². The van der Waals surface area contributed by atoms with Crippen LogP contribution in [0.4, 0.5) is 0 Å². The lowest BCUT2D eigenvalue weighted by atomic mass is 9.93. The molecule has 1 aliphatic rings. The van der Waals surface area contributed by atoms with Crippen LogP contribution in [0.3, 0.4) is 0 Å². The topological polar surface area (TPSA) is 29.9 Å². The number of thioether (sulfide) groups is 1. The van der Waals surface area contributed by atoms with Gasteiger partial charge in [0, 0.05) is 6.54 Å². The van der Waals surface area contributed by atoms with Crippen molar-refractivity contribution in [3.63, 3.8) is 0 Å². The summed E-state index contributed by atoms with van der Waals surface area (Å²) in [5.41, 5.74) is 1.32. The van der Waals surface area contributed by atoms with Gasteiger partial charge in [-0.2, -0.15) is 16.9 Å². The number of rotatable bonds is 6. The fourth-order valence-corrected chi connectivity index (χ4v) is 4.57. The van der Waals surface area contributed by atoms with Gasteiger partial charge in [0.1, 0.15) is 0 Å². The van der Waals surface area contributed by atoms with Crippen molar-refractivity contribution in [1.82, 2.24) is 15.1 Å². The van der Waals surface area contributed by atoms with Crippen LogP contribution in [0, 0.1) is 5.92 Å². The Labute approximate surface area is 129 Å². The van der Waals surface area contributed by atoms with Crippen LogP contribution in [0.5, 0.6) is 0 Å². The fourth-order valence-electron chi connectivity index (χ4n) is 2.79. The molecule has 1 aromatic rings. The van der Waals surface area contributed by atoms with Crippen molar-refractivity contribution in [3.05, 3.63) is 16.4 Å². The van der Waals surface area contributed by atoms with Crippen LogP contribution in [-0.4, -0.2) is 28.3 Å². The first-order valence-corrected chi connectivity index (χ1v) is 9.17. The SMILES string of the molecule is CCCn1ncc(Br)c1C(CC1CCSCC1)NC. The summed E-state index contributed by atoms with van der Waals surface area (Å²) < 4.78 is 3.30. The summed E-state index contributed by atoms with van der Waals surface area (Å²) in [5.74, 6) is 3.52. The monoisotopic (exact) mass is 345 g/mol. The van der Waals surface area contributed by atoms with Gasteiger partial charge in [-0.25, -0.2) is 0 Å². The van der Waals surface area contributed by atoms with Gasteiger partial charge < -0.3 is 5.32 Å². The molecular weight excluding hydrogens is 322 g/mol. The largest absolute Gasteiger partial charge is 0.312 e. The molecule has 2 heterocycles. The Bertz CT molecular complexity index is 388. The number of hydrogen-bond donors (Lipinski definition) is 1. The van der Waals surface area contributed by atoms with Crippen molar-refractivity contribution in [3.8, 4) is 0 Å². The van der Waals surface area contributed by atoms with Gasteiger partial charge in [-0.1, -0.05) is 6.92 Å². The first-order chi connectivity index (χ1) is 9.26. The van der Waals surface area contributed by atoms with Crippen molar-refractivity contribution in [1.29, 1.82) is 0 Å². The van der Waals surface area contributed by atoms with Crippen molar-refractivity contribution in [2.75, 3.05) is 18.6 Å². The zero-order valence-electron chi connectivity index (χ0n) is 11.9. The van der Waals surface area contributed by atoms with Crippen molar-refractivity contribution in [2.24, 2.45) is 5.92 Å². The zero-order chi connectivity index (χ0) is 13.7. The molecule has 0 spiro atoms. The minimum Gasteiger partial charge on any atom is -0.312 e. The van der Waals surface area contributed by atoms with Crippen LogP contribution < -0.4 is 5.32 Å². The lowest BCUT2D eigenvalue weighted by Crippen LogP contribution is -2.25. The van der Waals surface area contributed by atoms with E-state index >= 15 is 0 Å². The summed E-state index contributed by atoms with van der Waals surface area (Å²) in [6.07, 6.45) is 7.01. The van der Waals surface area contributed by atoms with Crippen LogP contribution in [0.2, 0.25) is 0 Å². The second-order valence-corrected chi connectivity index (χ2v) is 7.31. The Balaban J connectivity index is 2.09. The second kappa shape index (κ2) is 7.70. The first-order valence-electron chi connectivity index (χ1n) is 7.22. The molecule has 0 radical (unpaired) electrons. The Hall–Kier alpha value is -0.0000000000000000763. The van der Waals surface area contributed by atoms with Gasteiger partial charge in [0.2, 0.25) is 0 Å². The predicted octanol–water partition coefficient (Wildman–Crippen LogP) is 3.85. The molecule has 1 aromatic heterocycles. The van der Waals surface area contributed by atoms with E-state index in [1.54, 1.807) is 0 Å². The van der Waals surface area contributed by atoms with Gasteiger partial charge in [-0.15, -0.1) is 0 Å². The molecule has 1 N–H and O–H groups in total. The molecule has 0 aromatic carbocycles. The Morgan fingerprint density at radius 2 is 2.26 bits per heavy atom. The zero-order valence-corrected chi connectivity index (χ0v) is 14.3. The standard InChI is InChI=1S/C14H24BrN3S/c1-3-6-18-14(12(15)10-17-18)13(16-2)9-11-4-7-19-8-5-11/h10-11,13,16H,3-9H2,1-2H3. The van der Waals surface area contributed by atoms with Crippen LogP contribution in [0.15, 0.2) is 10.7 Å². The highest BCUT2D eigenvalue weighted by Gasteiger charge is 2.23. The number of nitrogens with zero attached hydrogens (tertiary/aromatic N) is 2. The van der Waals surface area contributed by atoms with Crippen molar-refractivity contribution >= 4 is 27.7 Å². The third kappa shape index (κ3) is 3.99. The Kier molecular flexibility index (Phi) is 6.23. The summed E-state index contributed by atoms with van der Waals surface area (Å²) in [4.78, 5) is 0. The third-order valence-corrected chi connectivity index (χ3v) is 5.52. The molecule has 0 aliphatic carbocycles. The van der Waals surface area contributed by atoms with E-state index in [-0.39, 0.29) is 0 Å². The molecule has 1 fully saturated rings. The number of halogens is 1. The number of hydrogen-bond acceptors (Lipinski definition) is 3. The van der Waals surface area contributed by atoms with Gasteiger partial charge in [0.15, 0.2) is 0 Å². The maximum Gasteiger partial charge on any atom is 0.0695 e. The van der Waals surface area contributed by atoms with E-state index in [1.807, 2.05) is 6.20 Å². The van der Waals surface area contributed by atoms with E-state index in [0.29, 0.717) is 6.04 Å². The van der Waals surface area contributed by atoms with E-state index in [1.165, 1.54) is 36.5 Å². The quantitative estimate of drug-likeness (QED) is 0.849. The minimum atomic E-state index is 0.413. The van der Waals surface area contributed by atoms with Crippen LogP contribution in [0.25, 0.3) is 0 Å². The average molecular weight is 346 g/mol. The normalized spacial score (nSPS) is 18.7. The first kappa shape index (κ1) is 15.4. The molecule has 3 nitrogen and oxygen atoms in total. The fraction of sp³-hybridized carbons (Fsp3) is 0.786. The summed E-state index contributed by atoms with van der Waals surface area (Å²) in [6.45, 7) is 3.20. The maximum absolute atomic E-state index is 4.49. The molecule has 1 unspecified atom stereocenters. The Morgan fingerprint density at radius 3 is 2.89 bits per heavy atom. The number of aromatic nitrogens is 2. The molecule has 0 amide bonds. The summed E-state index contributed by atoms with van der Waals surface area (Å²) in [6, 6.07) is 0.413. The smallest absolute Gasteiger partial charge is 0.0695 e. The van der Waals surface area contributed by atoms with E-state index < -0.39 is 0 Å². The van der Waals surface area contributed by atoms with Crippen molar-refractivity contribution in [2.45, 2.75) is 45.2 Å². The van der Waals surface area contributed by atoms with Gasteiger partial charge in [0.25, 0.3) is 0 Å². The van der Waals surface area contributed by atoms with E-state index in [2.05, 4.69) is 56.8 Å². The Morgan fingerprint density at radius 1 is 1.53 bits per heavy atom. The average Bonchev–Trinajstić information content (AvgIpc) is 2.79. The maximum atomic E-state index is 4.49. The lowest BCUT2D eigenvalue weighted by Gasteiger charge is -2.27. The summed E-state index contributed by atoms with van der Waals surface area (Å²) in [7, 11) is 2.07. The number of nitrogens with one attached hydrogen (secondary N) is 1. The molecule has 2 rings (SSSR count).